The highest BCUT2D eigenvalue weighted by molar-refractivity contribution is 5.71. The van der Waals surface area contributed by atoms with Gasteiger partial charge >= 0.3 is 0 Å². The van der Waals surface area contributed by atoms with Crippen molar-refractivity contribution in [1.29, 1.82) is 0 Å². The van der Waals surface area contributed by atoms with Gasteiger partial charge in [-0.15, -0.1) is 0 Å². The van der Waals surface area contributed by atoms with E-state index in [0.717, 1.165) is 5.56 Å². The van der Waals surface area contributed by atoms with Gasteiger partial charge in [-0.1, -0.05) is 30.4 Å². The Balaban J connectivity index is 2.27. The molecule has 0 radical (unpaired) electrons. The molecule has 0 fully saturated rings. The zero-order chi connectivity index (χ0) is 13.0. The third-order valence-electron chi connectivity index (χ3n) is 2.60. The summed E-state index contributed by atoms with van der Waals surface area (Å²) in [4.78, 5) is 0. The average molecular weight is 246 g/mol. The first-order chi connectivity index (χ1) is 8.69. The van der Waals surface area contributed by atoms with Gasteiger partial charge in [0.25, 0.3) is 0 Å². The molecule has 0 aliphatic rings. The van der Waals surface area contributed by atoms with Crippen LogP contribution in [0.3, 0.4) is 0 Å². The van der Waals surface area contributed by atoms with Crippen molar-refractivity contribution >= 4 is 12.2 Å². The Hall–Kier alpha value is -2.00. The number of hydrogen-bond acceptors (Lipinski definition) is 1. The van der Waals surface area contributed by atoms with E-state index in [4.69, 9.17) is 5.11 Å². The number of benzene rings is 2. The lowest BCUT2D eigenvalue weighted by atomic mass is 10.1. The van der Waals surface area contributed by atoms with Crippen LogP contribution in [-0.2, 0) is 6.61 Å². The molecule has 0 saturated carbocycles. The second kappa shape index (κ2) is 5.56. The van der Waals surface area contributed by atoms with E-state index in [1.807, 2.05) is 0 Å². The van der Waals surface area contributed by atoms with Gasteiger partial charge in [-0.2, -0.15) is 0 Å². The van der Waals surface area contributed by atoms with E-state index in [-0.39, 0.29) is 18.2 Å². The normalized spacial score (nSPS) is 11.1. The van der Waals surface area contributed by atoms with E-state index >= 15 is 0 Å². The number of rotatable bonds is 3. The van der Waals surface area contributed by atoms with Crippen LogP contribution in [0.15, 0.2) is 42.5 Å². The fraction of sp³-hybridized carbons (Fsp3) is 0.0667. The smallest absolute Gasteiger partial charge is 0.123 e. The van der Waals surface area contributed by atoms with Crippen LogP contribution in [0.1, 0.15) is 16.7 Å². The van der Waals surface area contributed by atoms with Gasteiger partial charge in [-0.25, -0.2) is 8.78 Å². The van der Waals surface area contributed by atoms with E-state index in [2.05, 4.69) is 0 Å². The van der Waals surface area contributed by atoms with Gasteiger partial charge < -0.3 is 5.11 Å². The molecule has 0 bridgehead atoms. The molecule has 1 nitrogen and oxygen atoms in total. The van der Waals surface area contributed by atoms with Crippen molar-refractivity contribution in [3.63, 3.8) is 0 Å². The molecular weight excluding hydrogens is 234 g/mol. The molecule has 2 rings (SSSR count). The lowest BCUT2D eigenvalue weighted by Gasteiger charge is -2.02. The summed E-state index contributed by atoms with van der Waals surface area (Å²) >= 11 is 0. The fourth-order valence-corrected chi connectivity index (χ4v) is 1.62. The molecular formula is C15H12F2O. The third-order valence-corrected chi connectivity index (χ3v) is 2.60. The van der Waals surface area contributed by atoms with E-state index in [1.54, 1.807) is 30.4 Å². The van der Waals surface area contributed by atoms with Crippen LogP contribution in [-0.4, -0.2) is 5.11 Å². The molecule has 92 valence electrons. The number of hydrogen-bond donors (Lipinski definition) is 1. The highest BCUT2D eigenvalue weighted by atomic mass is 19.1. The van der Waals surface area contributed by atoms with Crippen LogP contribution in [0.5, 0.6) is 0 Å². The summed E-state index contributed by atoms with van der Waals surface area (Å²) in [6, 6.07) is 10.2. The standard InChI is InChI=1S/C15H12F2O/c16-14-6-2-11(3-7-14)1-4-12-9-15(17)8-5-13(12)10-18/h1-9,18H,10H2/b4-1+. The second-order valence-corrected chi connectivity index (χ2v) is 3.89. The van der Waals surface area contributed by atoms with E-state index in [0.29, 0.717) is 11.1 Å². The summed E-state index contributed by atoms with van der Waals surface area (Å²) in [6.07, 6.45) is 3.44. The average Bonchev–Trinajstić information content (AvgIpc) is 2.38. The molecule has 18 heavy (non-hydrogen) atoms. The van der Waals surface area contributed by atoms with E-state index in [1.165, 1.54) is 24.3 Å². The van der Waals surface area contributed by atoms with Crippen molar-refractivity contribution in [2.45, 2.75) is 6.61 Å². The van der Waals surface area contributed by atoms with Crippen LogP contribution in [0.4, 0.5) is 8.78 Å². The van der Waals surface area contributed by atoms with Gasteiger partial charge in [-0.05, 0) is 41.0 Å². The highest BCUT2D eigenvalue weighted by Gasteiger charge is 2.00. The third kappa shape index (κ3) is 3.02. The van der Waals surface area contributed by atoms with Gasteiger partial charge in [0.05, 0.1) is 6.61 Å². The summed E-state index contributed by atoms with van der Waals surface area (Å²) < 4.78 is 25.8. The van der Waals surface area contributed by atoms with Crippen LogP contribution in [0.25, 0.3) is 12.2 Å². The monoisotopic (exact) mass is 246 g/mol. The summed E-state index contributed by atoms with van der Waals surface area (Å²) in [5.74, 6) is -0.653. The van der Waals surface area contributed by atoms with E-state index in [9.17, 15) is 8.78 Å². The second-order valence-electron chi connectivity index (χ2n) is 3.89. The Labute approximate surface area is 104 Å². The molecule has 0 atom stereocenters. The zero-order valence-electron chi connectivity index (χ0n) is 9.61. The Kier molecular flexibility index (Phi) is 3.85. The molecule has 0 saturated heterocycles. The Bertz CT molecular complexity index is 559. The summed E-state index contributed by atoms with van der Waals surface area (Å²) in [6.45, 7) is -0.149. The summed E-state index contributed by atoms with van der Waals surface area (Å²) in [5, 5.41) is 9.14. The molecule has 0 aliphatic heterocycles. The van der Waals surface area contributed by atoms with Gasteiger partial charge in [0.2, 0.25) is 0 Å². The maximum absolute atomic E-state index is 13.1. The Morgan fingerprint density at radius 3 is 2.22 bits per heavy atom. The lowest BCUT2D eigenvalue weighted by molar-refractivity contribution is 0.281. The molecule has 0 aromatic heterocycles. The minimum Gasteiger partial charge on any atom is -0.392 e. The molecule has 2 aromatic carbocycles. The quantitative estimate of drug-likeness (QED) is 0.820. The van der Waals surface area contributed by atoms with Gasteiger partial charge in [0.15, 0.2) is 0 Å². The van der Waals surface area contributed by atoms with Crippen molar-refractivity contribution < 1.29 is 13.9 Å². The maximum Gasteiger partial charge on any atom is 0.123 e. The molecule has 2 aromatic rings. The van der Waals surface area contributed by atoms with Crippen molar-refractivity contribution in [3.8, 4) is 0 Å². The molecule has 1 N–H and O–H groups in total. The minimum atomic E-state index is -0.356. The molecule has 3 heteroatoms. The summed E-state index contributed by atoms with van der Waals surface area (Å²) in [7, 11) is 0. The SMILES string of the molecule is OCc1ccc(F)cc1/C=C/c1ccc(F)cc1. The van der Waals surface area contributed by atoms with Crippen LogP contribution in [0, 0.1) is 11.6 Å². The molecule has 0 spiro atoms. The minimum absolute atomic E-state index is 0.149. The Morgan fingerprint density at radius 2 is 1.56 bits per heavy atom. The van der Waals surface area contributed by atoms with Gasteiger partial charge in [-0.3, -0.25) is 0 Å². The first kappa shape index (κ1) is 12.5. The maximum atomic E-state index is 13.1. The lowest BCUT2D eigenvalue weighted by Crippen LogP contribution is -1.89. The fourth-order valence-electron chi connectivity index (χ4n) is 1.62. The highest BCUT2D eigenvalue weighted by Crippen LogP contribution is 2.15. The summed E-state index contributed by atoms with van der Waals surface area (Å²) in [5.41, 5.74) is 2.07. The van der Waals surface area contributed by atoms with Gasteiger partial charge in [0.1, 0.15) is 11.6 Å². The molecule has 0 unspecified atom stereocenters. The Morgan fingerprint density at radius 1 is 0.889 bits per heavy atom. The van der Waals surface area contributed by atoms with Crippen LogP contribution in [0.2, 0.25) is 0 Å². The molecule has 0 aliphatic carbocycles. The molecule has 0 amide bonds. The largest absolute Gasteiger partial charge is 0.392 e. The van der Waals surface area contributed by atoms with Gasteiger partial charge in [0, 0.05) is 0 Å². The van der Waals surface area contributed by atoms with Crippen LogP contribution >= 0.6 is 0 Å². The molecule has 0 heterocycles. The van der Waals surface area contributed by atoms with Crippen molar-refractivity contribution in [2.75, 3.05) is 0 Å². The predicted molar refractivity (Wildman–Crippen MR) is 67.7 cm³/mol. The number of aliphatic hydroxyl groups is 1. The predicted octanol–water partition coefficient (Wildman–Crippen LogP) is 3.63. The number of halogens is 2. The first-order valence-electron chi connectivity index (χ1n) is 5.52. The van der Waals surface area contributed by atoms with Crippen LogP contribution < -0.4 is 0 Å². The first-order valence-corrected chi connectivity index (χ1v) is 5.52. The van der Waals surface area contributed by atoms with Crippen molar-refractivity contribution in [1.82, 2.24) is 0 Å². The number of aliphatic hydroxyl groups excluding tert-OH is 1. The zero-order valence-corrected chi connectivity index (χ0v) is 9.61. The van der Waals surface area contributed by atoms with E-state index < -0.39 is 0 Å². The topological polar surface area (TPSA) is 20.2 Å². The van der Waals surface area contributed by atoms with Crippen molar-refractivity contribution in [2.24, 2.45) is 0 Å². The van der Waals surface area contributed by atoms with Crippen molar-refractivity contribution in [3.05, 3.63) is 70.8 Å².